The molecule has 0 atom stereocenters. The molecular formula is C14H22N2O2Si. The number of hydrogen-bond acceptors (Lipinski definition) is 4. The first kappa shape index (κ1) is 15.8. The van der Waals surface area contributed by atoms with Crippen molar-refractivity contribution in [3.8, 4) is 11.5 Å². The maximum atomic E-state index is 5.49. The van der Waals surface area contributed by atoms with E-state index in [4.69, 9.17) is 9.47 Å². The minimum atomic E-state index is -1.39. The Morgan fingerprint density at radius 2 is 1.63 bits per heavy atom. The van der Waals surface area contributed by atoms with Crippen LogP contribution in [0.2, 0.25) is 19.6 Å². The normalized spacial score (nSPS) is 11.3. The summed E-state index contributed by atoms with van der Waals surface area (Å²) in [7, 11) is -1.39. The van der Waals surface area contributed by atoms with E-state index < -0.39 is 14.4 Å². The van der Waals surface area contributed by atoms with Gasteiger partial charge in [0, 0.05) is 31.2 Å². The van der Waals surface area contributed by atoms with E-state index in [1.54, 1.807) is 12.4 Å². The predicted molar refractivity (Wildman–Crippen MR) is 78.2 cm³/mol. The quantitative estimate of drug-likeness (QED) is 0.472. The van der Waals surface area contributed by atoms with Gasteiger partial charge in [-0.2, -0.15) is 0 Å². The molecule has 0 unspecified atom stereocenters. The van der Waals surface area contributed by atoms with Gasteiger partial charge in [0.2, 0.25) is 5.82 Å². The second-order valence-electron chi connectivity index (χ2n) is 5.08. The highest BCUT2D eigenvalue weighted by Gasteiger charge is 2.12. The monoisotopic (exact) mass is 278 g/mol. The van der Waals surface area contributed by atoms with Gasteiger partial charge in [0.25, 0.3) is 0 Å². The lowest BCUT2D eigenvalue weighted by atomic mass is 10.3. The summed E-state index contributed by atoms with van der Waals surface area (Å²) in [5, 5.41) is 0. The molecule has 0 bridgehead atoms. The Kier molecular flexibility index (Phi) is 6.16. The van der Waals surface area contributed by atoms with Crippen LogP contribution in [0.4, 0.5) is 0 Å². The molecule has 0 aliphatic rings. The zero-order chi connectivity index (χ0) is 14.3. The van der Waals surface area contributed by atoms with E-state index in [0.717, 1.165) is 5.56 Å². The molecule has 1 heterocycles. The van der Waals surface area contributed by atoms with Gasteiger partial charge in [0.15, 0.2) is 6.29 Å². The summed E-state index contributed by atoms with van der Waals surface area (Å²) < 4.78 is 11.0. The molecule has 1 aromatic heterocycles. The lowest BCUT2D eigenvalue weighted by Crippen LogP contribution is -2.16. The Hall–Kier alpha value is -1.22. The first-order valence-corrected chi connectivity index (χ1v) is 10.0. The van der Waals surface area contributed by atoms with Crippen molar-refractivity contribution in [1.82, 2.24) is 9.97 Å². The third-order valence-corrected chi connectivity index (χ3v) is 3.00. The molecule has 104 valence electrons. The van der Waals surface area contributed by atoms with Gasteiger partial charge < -0.3 is 9.47 Å². The molecule has 19 heavy (non-hydrogen) atoms. The third kappa shape index (κ3) is 5.97. The van der Waals surface area contributed by atoms with Crippen LogP contribution in [0.15, 0.2) is 12.4 Å². The smallest absolute Gasteiger partial charge is 0.204 e. The highest BCUT2D eigenvalue weighted by molar-refractivity contribution is 6.83. The van der Waals surface area contributed by atoms with E-state index in [1.165, 1.54) is 0 Å². The minimum Gasteiger partial charge on any atom is -0.349 e. The lowest BCUT2D eigenvalue weighted by molar-refractivity contribution is -0.140. The molecule has 0 saturated heterocycles. The predicted octanol–water partition coefficient (Wildman–Crippen LogP) is 2.78. The van der Waals surface area contributed by atoms with Crippen LogP contribution >= 0.6 is 0 Å². The fourth-order valence-electron chi connectivity index (χ4n) is 1.31. The van der Waals surface area contributed by atoms with Gasteiger partial charge in [0.05, 0.1) is 0 Å². The first-order chi connectivity index (χ1) is 8.96. The van der Waals surface area contributed by atoms with Gasteiger partial charge in [-0.1, -0.05) is 19.6 Å². The summed E-state index contributed by atoms with van der Waals surface area (Å²) in [6.45, 7) is 11.6. The van der Waals surface area contributed by atoms with E-state index in [-0.39, 0.29) is 0 Å². The summed E-state index contributed by atoms with van der Waals surface area (Å²) in [5.41, 5.74) is 4.06. The number of ether oxygens (including phenoxy) is 2. The fraction of sp³-hybridized carbons (Fsp3) is 0.571. The molecule has 0 radical (unpaired) electrons. The Morgan fingerprint density at radius 3 is 2.05 bits per heavy atom. The average Bonchev–Trinajstić information content (AvgIpc) is 2.36. The van der Waals surface area contributed by atoms with Crippen LogP contribution in [0, 0.1) is 11.5 Å². The largest absolute Gasteiger partial charge is 0.349 e. The van der Waals surface area contributed by atoms with Crippen molar-refractivity contribution in [3.63, 3.8) is 0 Å². The van der Waals surface area contributed by atoms with E-state index in [0.29, 0.717) is 19.0 Å². The molecular weight excluding hydrogens is 256 g/mol. The summed E-state index contributed by atoms with van der Waals surface area (Å²) in [5.74, 6) is 3.58. The SMILES string of the molecule is CCOC(OCC)c1cnc(C#C[Si](C)(C)C)nc1. The van der Waals surface area contributed by atoms with Crippen LogP contribution < -0.4 is 0 Å². The van der Waals surface area contributed by atoms with Gasteiger partial charge in [0.1, 0.15) is 8.07 Å². The zero-order valence-electron chi connectivity index (χ0n) is 12.4. The van der Waals surface area contributed by atoms with Crippen LogP contribution in [0.25, 0.3) is 0 Å². The Labute approximate surface area is 116 Å². The standard InChI is InChI=1S/C14H22N2O2Si/c1-6-17-14(18-7-2)12-10-15-13(16-11-12)8-9-19(3,4)5/h10-11,14H,6-7H2,1-5H3. The minimum absolute atomic E-state index is 0.394. The maximum absolute atomic E-state index is 5.49. The third-order valence-electron chi connectivity index (χ3n) is 2.13. The topological polar surface area (TPSA) is 44.2 Å². The second kappa shape index (κ2) is 7.39. The van der Waals surface area contributed by atoms with Gasteiger partial charge >= 0.3 is 0 Å². The van der Waals surface area contributed by atoms with Gasteiger partial charge in [-0.15, -0.1) is 5.54 Å². The van der Waals surface area contributed by atoms with Crippen molar-refractivity contribution in [3.05, 3.63) is 23.8 Å². The molecule has 4 nitrogen and oxygen atoms in total. The molecule has 1 rings (SSSR count). The number of nitrogens with zero attached hydrogens (tertiary/aromatic N) is 2. The van der Waals surface area contributed by atoms with Crippen molar-refractivity contribution in [2.45, 2.75) is 39.8 Å². The summed E-state index contributed by atoms with van der Waals surface area (Å²) in [6, 6.07) is 0. The van der Waals surface area contributed by atoms with Gasteiger partial charge in [-0.3, -0.25) is 0 Å². The fourth-order valence-corrected chi connectivity index (χ4v) is 1.80. The molecule has 0 aromatic carbocycles. The van der Waals surface area contributed by atoms with E-state index in [2.05, 4.69) is 41.1 Å². The van der Waals surface area contributed by atoms with Crippen LogP contribution in [-0.2, 0) is 9.47 Å². The van der Waals surface area contributed by atoms with Crippen molar-refractivity contribution >= 4 is 8.07 Å². The molecule has 0 N–H and O–H groups in total. The molecule has 0 spiro atoms. The number of hydrogen-bond donors (Lipinski definition) is 0. The highest BCUT2D eigenvalue weighted by atomic mass is 28.3. The van der Waals surface area contributed by atoms with E-state index in [1.807, 2.05) is 13.8 Å². The molecule has 0 aliphatic heterocycles. The summed E-state index contributed by atoms with van der Waals surface area (Å²) in [6.07, 6.45) is 3.04. The molecule has 1 aromatic rings. The second-order valence-corrected chi connectivity index (χ2v) is 9.83. The first-order valence-electron chi connectivity index (χ1n) is 6.54. The van der Waals surface area contributed by atoms with Crippen molar-refractivity contribution in [1.29, 1.82) is 0 Å². The zero-order valence-corrected chi connectivity index (χ0v) is 13.4. The van der Waals surface area contributed by atoms with E-state index in [9.17, 15) is 0 Å². The van der Waals surface area contributed by atoms with E-state index >= 15 is 0 Å². The van der Waals surface area contributed by atoms with Crippen LogP contribution in [0.5, 0.6) is 0 Å². The molecule has 0 amide bonds. The highest BCUT2D eigenvalue weighted by Crippen LogP contribution is 2.16. The summed E-state index contributed by atoms with van der Waals surface area (Å²) in [4.78, 5) is 8.49. The lowest BCUT2D eigenvalue weighted by Gasteiger charge is -2.16. The van der Waals surface area contributed by atoms with Gasteiger partial charge in [-0.05, 0) is 19.8 Å². The molecule has 0 saturated carbocycles. The number of aromatic nitrogens is 2. The Bertz CT molecular complexity index is 437. The van der Waals surface area contributed by atoms with Gasteiger partial charge in [-0.25, -0.2) is 9.97 Å². The number of rotatable bonds is 5. The average molecular weight is 278 g/mol. The van der Waals surface area contributed by atoms with Crippen molar-refractivity contribution in [2.24, 2.45) is 0 Å². The Morgan fingerprint density at radius 1 is 1.11 bits per heavy atom. The van der Waals surface area contributed by atoms with Crippen LogP contribution in [0.1, 0.15) is 31.5 Å². The van der Waals surface area contributed by atoms with Crippen LogP contribution in [0.3, 0.4) is 0 Å². The Balaban J connectivity index is 2.81. The molecule has 5 heteroatoms. The maximum Gasteiger partial charge on any atom is 0.204 e. The van der Waals surface area contributed by atoms with Crippen LogP contribution in [-0.4, -0.2) is 31.3 Å². The van der Waals surface area contributed by atoms with Crippen molar-refractivity contribution in [2.75, 3.05) is 13.2 Å². The molecule has 0 aliphatic carbocycles. The molecule has 0 fully saturated rings. The van der Waals surface area contributed by atoms with Crippen molar-refractivity contribution < 1.29 is 9.47 Å². The summed E-state index contributed by atoms with van der Waals surface area (Å²) >= 11 is 0.